The van der Waals surface area contributed by atoms with Crippen LogP contribution in [-0.2, 0) is 13.0 Å². The fourth-order valence-corrected chi connectivity index (χ4v) is 4.38. The zero-order valence-electron chi connectivity index (χ0n) is 13.2. The number of hydrogen-bond donors (Lipinski definition) is 1. The van der Waals surface area contributed by atoms with Crippen LogP contribution in [0.1, 0.15) is 21.6 Å². The van der Waals surface area contributed by atoms with Crippen LogP contribution < -0.4 is 0 Å². The minimum Gasteiger partial charge on any atom is -0.502 e. The topological polar surface area (TPSA) is 103 Å². The molecule has 1 aromatic heterocycles. The molecule has 0 aliphatic carbocycles. The van der Waals surface area contributed by atoms with Gasteiger partial charge in [0.2, 0.25) is 5.75 Å². The average Bonchev–Trinajstić information content (AvgIpc) is 2.91. The molecular weight excluding hydrogens is 408 g/mol. The normalized spacial score (nSPS) is 14.4. The van der Waals surface area contributed by atoms with E-state index in [2.05, 4.69) is 31.9 Å². The van der Waals surface area contributed by atoms with E-state index >= 15 is 0 Å². The van der Waals surface area contributed by atoms with E-state index in [0.29, 0.717) is 15.0 Å². The lowest BCUT2D eigenvalue weighted by molar-refractivity contribution is -0.385. The number of likely N-dealkylation sites (N-methyl/N-ethyl adjacent to an activating group) is 1. The molecule has 25 heavy (non-hydrogen) atoms. The monoisotopic (exact) mass is 420 g/mol. The summed E-state index contributed by atoms with van der Waals surface area (Å²) in [4.78, 5) is 18.0. The molecule has 0 unspecified atom stereocenters. The van der Waals surface area contributed by atoms with Crippen molar-refractivity contribution in [3.05, 3.63) is 48.3 Å². The van der Waals surface area contributed by atoms with Gasteiger partial charge in [-0.15, -0.1) is 11.3 Å². The van der Waals surface area contributed by atoms with Gasteiger partial charge in [0, 0.05) is 40.3 Å². The molecule has 0 spiro atoms. The first kappa shape index (κ1) is 17.5. The first-order valence-corrected chi connectivity index (χ1v) is 8.95. The van der Waals surface area contributed by atoms with Gasteiger partial charge in [-0.3, -0.25) is 10.1 Å². The molecular formula is C16H13BrN4O3S. The lowest BCUT2D eigenvalue weighted by Gasteiger charge is -2.21. The first-order valence-electron chi connectivity index (χ1n) is 7.35. The number of aliphatic imine (C=N–C) groups is 1. The number of phenols is 1. The number of phenolic OH excluding ortho intramolecular Hbond substituents is 1. The second-order valence-corrected chi connectivity index (χ2v) is 7.66. The molecule has 2 aromatic rings. The van der Waals surface area contributed by atoms with Crippen molar-refractivity contribution in [3.63, 3.8) is 0 Å². The number of aromatic hydroxyl groups is 1. The molecule has 1 aromatic carbocycles. The second kappa shape index (κ2) is 6.92. The third-order valence-electron chi connectivity index (χ3n) is 3.94. The van der Waals surface area contributed by atoms with Crippen molar-refractivity contribution < 1.29 is 10.0 Å². The summed E-state index contributed by atoms with van der Waals surface area (Å²) in [5.74, 6) is -0.448. The van der Waals surface area contributed by atoms with Gasteiger partial charge in [0.15, 0.2) is 0 Å². The quantitative estimate of drug-likeness (QED) is 0.462. The van der Waals surface area contributed by atoms with Crippen LogP contribution in [0, 0.1) is 21.4 Å². The number of halogens is 1. The Morgan fingerprint density at radius 2 is 2.32 bits per heavy atom. The molecule has 7 nitrogen and oxygen atoms in total. The van der Waals surface area contributed by atoms with Crippen molar-refractivity contribution in [1.29, 1.82) is 5.26 Å². The largest absolute Gasteiger partial charge is 0.502 e. The van der Waals surface area contributed by atoms with Crippen LogP contribution in [0.15, 0.2) is 21.6 Å². The maximum atomic E-state index is 11.0. The summed E-state index contributed by atoms with van der Waals surface area (Å²) >= 11 is 4.63. The van der Waals surface area contributed by atoms with Crippen molar-refractivity contribution in [1.82, 2.24) is 4.90 Å². The lowest BCUT2D eigenvalue weighted by atomic mass is 10.0. The van der Waals surface area contributed by atoms with Crippen molar-refractivity contribution in [2.75, 3.05) is 13.6 Å². The van der Waals surface area contributed by atoms with Gasteiger partial charge in [0.25, 0.3) is 0 Å². The van der Waals surface area contributed by atoms with Gasteiger partial charge >= 0.3 is 5.69 Å². The van der Waals surface area contributed by atoms with Gasteiger partial charge in [-0.05, 0) is 25.1 Å². The molecule has 1 aliphatic heterocycles. The SMILES string of the molecule is CN1CCc2c(sc(N=Cc3cc(Br)cc([N+](=O)[O-])c3O)c2C#N)C1. The minimum absolute atomic E-state index is 0.216. The molecule has 0 radical (unpaired) electrons. The van der Waals surface area contributed by atoms with Crippen LogP contribution in [-0.4, -0.2) is 34.7 Å². The Kier molecular flexibility index (Phi) is 4.85. The Labute approximate surface area is 156 Å². The highest BCUT2D eigenvalue weighted by molar-refractivity contribution is 9.10. The summed E-state index contributed by atoms with van der Waals surface area (Å²) < 4.78 is 0.464. The molecule has 1 N–H and O–H groups in total. The zero-order valence-corrected chi connectivity index (χ0v) is 15.6. The van der Waals surface area contributed by atoms with E-state index in [0.717, 1.165) is 30.0 Å². The van der Waals surface area contributed by atoms with Crippen molar-refractivity contribution in [3.8, 4) is 11.8 Å². The van der Waals surface area contributed by atoms with E-state index < -0.39 is 16.4 Å². The molecule has 1 aliphatic rings. The molecule has 0 bridgehead atoms. The summed E-state index contributed by atoms with van der Waals surface area (Å²) in [7, 11) is 2.02. The molecule has 3 rings (SSSR count). The number of nitrogens with zero attached hydrogens (tertiary/aromatic N) is 4. The first-order chi connectivity index (χ1) is 11.9. The van der Waals surface area contributed by atoms with Gasteiger partial charge in [0.05, 0.1) is 10.5 Å². The lowest BCUT2D eigenvalue weighted by Crippen LogP contribution is -2.25. The summed E-state index contributed by atoms with van der Waals surface area (Å²) in [6.07, 6.45) is 2.16. The number of nitro groups is 1. The minimum atomic E-state index is -0.655. The third kappa shape index (κ3) is 3.42. The fourth-order valence-electron chi connectivity index (χ4n) is 2.69. The van der Waals surface area contributed by atoms with Crippen LogP contribution in [0.4, 0.5) is 10.7 Å². The number of nitro benzene ring substituents is 1. The van der Waals surface area contributed by atoms with Gasteiger partial charge < -0.3 is 10.0 Å². The maximum Gasteiger partial charge on any atom is 0.312 e. The molecule has 0 saturated carbocycles. The van der Waals surface area contributed by atoms with Crippen LogP contribution in [0.25, 0.3) is 0 Å². The Hall–Kier alpha value is -2.28. The van der Waals surface area contributed by atoms with Crippen molar-refractivity contribution in [2.45, 2.75) is 13.0 Å². The number of benzene rings is 1. The fraction of sp³-hybridized carbons (Fsp3) is 0.250. The number of rotatable bonds is 3. The summed E-state index contributed by atoms with van der Waals surface area (Å²) in [5, 5.41) is 31.1. The van der Waals surface area contributed by atoms with Gasteiger partial charge in [-0.25, -0.2) is 4.99 Å². The molecule has 0 fully saturated rings. The number of hydrogen-bond acceptors (Lipinski definition) is 7. The predicted molar refractivity (Wildman–Crippen MR) is 98.8 cm³/mol. The average molecular weight is 421 g/mol. The molecule has 2 heterocycles. The highest BCUT2D eigenvalue weighted by atomic mass is 79.9. The zero-order chi connectivity index (χ0) is 18.1. The predicted octanol–water partition coefficient (Wildman–Crippen LogP) is 3.73. The highest BCUT2D eigenvalue weighted by Gasteiger charge is 2.23. The van der Waals surface area contributed by atoms with Crippen LogP contribution in [0.3, 0.4) is 0 Å². The van der Waals surface area contributed by atoms with Crippen molar-refractivity contribution in [2.24, 2.45) is 4.99 Å². The standard InChI is InChI=1S/C16H13BrN4O3S/c1-20-3-2-11-12(6-18)16(25-14(11)8-20)19-7-9-4-10(17)5-13(15(9)22)21(23)24/h4-5,7,22H,2-3,8H2,1H3. The maximum absolute atomic E-state index is 11.0. The number of nitriles is 1. The summed E-state index contributed by atoms with van der Waals surface area (Å²) in [6, 6.07) is 4.98. The van der Waals surface area contributed by atoms with E-state index in [1.165, 1.54) is 23.6 Å². The van der Waals surface area contributed by atoms with Crippen molar-refractivity contribution >= 4 is 44.2 Å². The van der Waals surface area contributed by atoms with E-state index in [9.17, 15) is 20.5 Å². The van der Waals surface area contributed by atoms with Crippen LogP contribution in [0.2, 0.25) is 0 Å². The Balaban J connectivity index is 2.01. The highest BCUT2D eigenvalue weighted by Crippen LogP contribution is 2.39. The Morgan fingerprint density at radius 3 is 3.00 bits per heavy atom. The van der Waals surface area contributed by atoms with Gasteiger partial charge in [-0.1, -0.05) is 15.9 Å². The van der Waals surface area contributed by atoms with E-state index in [4.69, 9.17) is 0 Å². The smallest absolute Gasteiger partial charge is 0.312 e. The summed E-state index contributed by atoms with van der Waals surface area (Å²) in [6.45, 7) is 1.66. The Morgan fingerprint density at radius 1 is 1.56 bits per heavy atom. The Bertz CT molecular complexity index is 932. The van der Waals surface area contributed by atoms with Crippen LogP contribution in [0.5, 0.6) is 5.75 Å². The van der Waals surface area contributed by atoms with Crippen LogP contribution >= 0.6 is 27.3 Å². The molecule has 128 valence electrons. The van der Waals surface area contributed by atoms with Gasteiger partial charge in [-0.2, -0.15) is 5.26 Å². The summed E-state index contributed by atoms with van der Waals surface area (Å²) in [5.41, 5.74) is 1.40. The molecule has 0 saturated heterocycles. The van der Waals surface area contributed by atoms with E-state index in [1.54, 1.807) is 6.07 Å². The number of fused-ring (bicyclic) bond motifs is 1. The second-order valence-electron chi connectivity index (χ2n) is 5.66. The van der Waals surface area contributed by atoms with Gasteiger partial charge in [0.1, 0.15) is 11.1 Å². The third-order valence-corrected chi connectivity index (χ3v) is 5.53. The number of thiophene rings is 1. The van der Waals surface area contributed by atoms with E-state index in [1.807, 2.05) is 7.05 Å². The molecule has 9 heteroatoms. The van der Waals surface area contributed by atoms with E-state index in [-0.39, 0.29) is 5.56 Å². The molecule has 0 amide bonds. The molecule has 0 atom stereocenters.